The van der Waals surface area contributed by atoms with Crippen LogP contribution in [0.1, 0.15) is 43.6 Å². The zero-order valence-electron chi connectivity index (χ0n) is 16.3. The number of ether oxygens (including phenoxy) is 1. The fraction of sp³-hybridized carbons (Fsp3) is 0.381. The summed E-state index contributed by atoms with van der Waals surface area (Å²) in [4.78, 5) is 12.4. The highest BCUT2D eigenvalue weighted by atomic mass is 32.2. The monoisotopic (exact) mass is 389 g/mol. The lowest BCUT2D eigenvalue weighted by molar-refractivity contribution is 0.0947. The highest BCUT2D eigenvalue weighted by molar-refractivity contribution is 7.91. The molecule has 0 atom stereocenters. The number of rotatable bonds is 7. The Balaban J connectivity index is 1.82. The topological polar surface area (TPSA) is 72.5 Å². The van der Waals surface area contributed by atoms with Crippen molar-refractivity contribution in [2.24, 2.45) is 0 Å². The summed E-state index contributed by atoms with van der Waals surface area (Å²) in [5.41, 5.74) is 1.75. The second kappa shape index (κ2) is 8.57. The molecule has 6 heteroatoms. The van der Waals surface area contributed by atoms with Crippen LogP contribution in [-0.2, 0) is 15.3 Å². The third-order valence-corrected chi connectivity index (χ3v) is 5.98. The minimum Gasteiger partial charge on any atom is -0.492 e. The molecule has 0 aliphatic rings. The van der Waals surface area contributed by atoms with Crippen molar-refractivity contribution < 1.29 is 17.9 Å². The van der Waals surface area contributed by atoms with Crippen LogP contribution in [0, 0.1) is 0 Å². The Morgan fingerprint density at radius 3 is 2.11 bits per heavy atom. The lowest BCUT2D eigenvalue weighted by Crippen LogP contribution is -2.28. The molecule has 2 rings (SSSR count). The van der Waals surface area contributed by atoms with Gasteiger partial charge in [-0.3, -0.25) is 4.79 Å². The average molecular weight is 390 g/mol. The molecule has 146 valence electrons. The van der Waals surface area contributed by atoms with Gasteiger partial charge < -0.3 is 10.1 Å². The Morgan fingerprint density at radius 1 is 1.00 bits per heavy atom. The van der Waals surface area contributed by atoms with Gasteiger partial charge >= 0.3 is 0 Å². The van der Waals surface area contributed by atoms with Crippen LogP contribution in [0.3, 0.4) is 0 Å². The Hall–Kier alpha value is -2.34. The van der Waals surface area contributed by atoms with E-state index in [1.807, 2.05) is 24.3 Å². The number of nitrogens with one attached hydrogen (secondary N) is 1. The van der Waals surface area contributed by atoms with Crippen LogP contribution in [0.2, 0.25) is 0 Å². The summed E-state index contributed by atoms with van der Waals surface area (Å²) in [6.07, 6.45) is 0. The predicted octanol–water partition coefficient (Wildman–Crippen LogP) is 3.59. The third kappa shape index (κ3) is 5.82. The van der Waals surface area contributed by atoms with Gasteiger partial charge in [-0.2, -0.15) is 0 Å². The Morgan fingerprint density at radius 2 is 1.59 bits per heavy atom. The second-order valence-corrected chi connectivity index (χ2v) is 9.58. The van der Waals surface area contributed by atoms with E-state index < -0.39 is 9.84 Å². The van der Waals surface area contributed by atoms with Crippen LogP contribution in [0.4, 0.5) is 0 Å². The smallest absolute Gasteiger partial charge is 0.251 e. The summed E-state index contributed by atoms with van der Waals surface area (Å²) in [6.45, 7) is 8.76. The molecular weight excluding hydrogens is 362 g/mol. The van der Waals surface area contributed by atoms with Crippen LogP contribution in [0.25, 0.3) is 0 Å². The van der Waals surface area contributed by atoms with Gasteiger partial charge in [0, 0.05) is 5.56 Å². The zero-order valence-corrected chi connectivity index (χ0v) is 17.1. The average Bonchev–Trinajstić information content (AvgIpc) is 2.65. The van der Waals surface area contributed by atoms with E-state index in [4.69, 9.17) is 4.74 Å². The first kappa shape index (κ1) is 21.0. The second-order valence-electron chi connectivity index (χ2n) is 7.31. The van der Waals surface area contributed by atoms with Crippen LogP contribution < -0.4 is 10.1 Å². The molecule has 0 fully saturated rings. The summed E-state index contributed by atoms with van der Waals surface area (Å²) in [7, 11) is -3.26. The molecule has 0 spiro atoms. The summed E-state index contributed by atoms with van der Waals surface area (Å²) >= 11 is 0. The fourth-order valence-corrected chi connectivity index (χ4v) is 3.35. The normalized spacial score (nSPS) is 11.9. The molecular formula is C21H27NO4S. The highest BCUT2D eigenvalue weighted by Crippen LogP contribution is 2.24. The van der Waals surface area contributed by atoms with E-state index in [0.29, 0.717) is 18.7 Å². The van der Waals surface area contributed by atoms with Gasteiger partial charge in [0.2, 0.25) is 0 Å². The number of sulfone groups is 1. The lowest BCUT2D eigenvalue weighted by atomic mass is 9.87. The summed E-state index contributed by atoms with van der Waals surface area (Å²) in [5, 5.41) is 2.76. The zero-order chi connectivity index (χ0) is 20.1. The molecule has 5 nitrogen and oxygen atoms in total. The molecule has 0 saturated carbocycles. The van der Waals surface area contributed by atoms with Gasteiger partial charge in [0.25, 0.3) is 5.91 Å². The van der Waals surface area contributed by atoms with Crippen LogP contribution in [-0.4, -0.2) is 33.2 Å². The molecule has 0 unspecified atom stereocenters. The number of carbonyl (C=O) groups excluding carboxylic acids is 1. The number of amides is 1. The summed E-state index contributed by atoms with van der Waals surface area (Å²) < 4.78 is 29.2. The first-order chi connectivity index (χ1) is 12.6. The number of hydrogen-bond acceptors (Lipinski definition) is 4. The van der Waals surface area contributed by atoms with Gasteiger partial charge in [0.05, 0.1) is 17.2 Å². The summed E-state index contributed by atoms with van der Waals surface area (Å²) in [6, 6.07) is 13.9. The van der Waals surface area contributed by atoms with E-state index in [0.717, 1.165) is 5.75 Å². The minimum absolute atomic E-state index is 0.0343. The molecule has 27 heavy (non-hydrogen) atoms. The van der Waals surface area contributed by atoms with Crippen molar-refractivity contribution in [3.05, 3.63) is 59.7 Å². The summed E-state index contributed by atoms with van der Waals surface area (Å²) in [5.74, 6) is 0.528. The van der Waals surface area contributed by atoms with Crippen molar-refractivity contribution in [1.29, 1.82) is 0 Å². The van der Waals surface area contributed by atoms with Gasteiger partial charge in [-0.05, 0) is 47.4 Å². The molecule has 0 radical (unpaired) electrons. The maximum atomic E-state index is 12.1. The fourth-order valence-electron chi connectivity index (χ4n) is 2.47. The van der Waals surface area contributed by atoms with E-state index in [-0.39, 0.29) is 22.0 Å². The predicted molar refractivity (Wildman–Crippen MR) is 107 cm³/mol. The largest absolute Gasteiger partial charge is 0.492 e. The molecule has 0 aromatic heterocycles. The molecule has 1 amide bonds. The van der Waals surface area contributed by atoms with Gasteiger partial charge in [-0.1, -0.05) is 39.8 Å². The number of carbonyl (C=O) groups is 1. The number of benzene rings is 2. The first-order valence-electron chi connectivity index (χ1n) is 8.98. The molecule has 2 aromatic carbocycles. The van der Waals surface area contributed by atoms with Crippen molar-refractivity contribution >= 4 is 15.7 Å². The van der Waals surface area contributed by atoms with E-state index in [1.165, 1.54) is 29.8 Å². The van der Waals surface area contributed by atoms with Crippen LogP contribution >= 0.6 is 0 Å². The molecule has 1 N–H and O–H groups in total. The van der Waals surface area contributed by atoms with Crippen molar-refractivity contribution in [1.82, 2.24) is 5.32 Å². The van der Waals surface area contributed by atoms with Gasteiger partial charge in [-0.15, -0.1) is 0 Å². The quantitative estimate of drug-likeness (QED) is 0.735. The molecule has 0 bridgehead atoms. The van der Waals surface area contributed by atoms with Gasteiger partial charge in [0.1, 0.15) is 12.4 Å². The van der Waals surface area contributed by atoms with E-state index in [1.54, 1.807) is 6.92 Å². The highest BCUT2D eigenvalue weighted by Gasteiger charge is 2.14. The Bertz CT molecular complexity index is 864. The molecule has 0 saturated heterocycles. The number of hydrogen-bond donors (Lipinski definition) is 1. The SMILES string of the molecule is CCS(=O)(=O)c1ccc(C(=O)NCCOc2ccc(C(C)(C)C)cc2)cc1. The van der Waals surface area contributed by atoms with E-state index in [2.05, 4.69) is 26.1 Å². The van der Waals surface area contributed by atoms with Gasteiger partial charge in [-0.25, -0.2) is 8.42 Å². The van der Waals surface area contributed by atoms with Crippen molar-refractivity contribution in [3.8, 4) is 5.75 Å². The standard InChI is InChI=1S/C21H27NO4S/c1-5-27(24,25)19-12-6-16(7-13-19)20(23)22-14-15-26-18-10-8-17(9-11-18)21(2,3)4/h6-13H,5,14-15H2,1-4H3,(H,22,23). The Kier molecular flexibility index (Phi) is 6.65. The lowest BCUT2D eigenvalue weighted by Gasteiger charge is -2.19. The Labute approximate surface area is 161 Å². The molecule has 2 aromatic rings. The maximum Gasteiger partial charge on any atom is 0.251 e. The van der Waals surface area contributed by atoms with Crippen molar-refractivity contribution in [2.75, 3.05) is 18.9 Å². The van der Waals surface area contributed by atoms with Gasteiger partial charge in [0.15, 0.2) is 9.84 Å². The minimum atomic E-state index is -3.26. The third-order valence-electron chi connectivity index (χ3n) is 4.23. The van der Waals surface area contributed by atoms with Crippen molar-refractivity contribution in [3.63, 3.8) is 0 Å². The van der Waals surface area contributed by atoms with Crippen LogP contribution in [0.15, 0.2) is 53.4 Å². The molecule has 0 aliphatic carbocycles. The molecule has 0 heterocycles. The molecule has 0 aliphatic heterocycles. The van der Waals surface area contributed by atoms with Crippen molar-refractivity contribution in [2.45, 2.75) is 38.0 Å². The van der Waals surface area contributed by atoms with E-state index in [9.17, 15) is 13.2 Å². The first-order valence-corrected chi connectivity index (χ1v) is 10.6. The van der Waals surface area contributed by atoms with E-state index >= 15 is 0 Å². The maximum absolute atomic E-state index is 12.1. The van der Waals surface area contributed by atoms with Crippen LogP contribution in [0.5, 0.6) is 5.75 Å².